The average Bonchev–Trinajstić information content (AvgIpc) is 3.62. The molecule has 17 atom stereocenters. The van der Waals surface area contributed by atoms with Gasteiger partial charge in [-0.3, -0.25) is 18.6 Å². The Bertz CT molecular complexity index is 1690. The van der Waals surface area contributed by atoms with Gasteiger partial charge in [-0.2, -0.15) is 0 Å². The van der Waals surface area contributed by atoms with Crippen molar-refractivity contribution in [3.05, 3.63) is 12.2 Å². The molecule has 23 nitrogen and oxygen atoms in total. The predicted octanol–water partition coefficient (Wildman–Crippen LogP) is 4.96. The molecule has 3 rings (SSSR count). The van der Waals surface area contributed by atoms with E-state index in [1.807, 2.05) is 0 Å². The lowest BCUT2D eigenvalue weighted by Gasteiger charge is -2.49. The second-order valence-electron chi connectivity index (χ2n) is 22.9. The van der Waals surface area contributed by atoms with Crippen LogP contribution in [0.25, 0.3) is 0 Å². The molecule has 0 radical (unpaired) electrons. The van der Waals surface area contributed by atoms with Crippen molar-refractivity contribution in [1.82, 2.24) is 0 Å². The number of carbonyl (C=O) groups is 2. The number of carbonyl (C=O) groups excluding carboxylic acids is 2. The van der Waals surface area contributed by atoms with Crippen LogP contribution in [0, 0.1) is 5.92 Å². The molecule has 0 amide bonds. The zero-order chi connectivity index (χ0) is 60.5. The monoisotopic (exact) mass is 1200 g/mol. The lowest BCUT2D eigenvalue weighted by atomic mass is 9.84. The molecule has 3 fully saturated rings. The van der Waals surface area contributed by atoms with E-state index in [9.17, 15) is 75.2 Å². The third-order valence-electron chi connectivity index (χ3n) is 15.7. The molecular weight excluding hydrogens is 1100 g/mol. The number of aliphatic hydroxyl groups excluding tert-OH is 11. The van der Waals surface area contributed by atoms with Gasteiger partial charge in [0.25, 0.3) is 0 Å². The van der Waals surface area contributed by atoms with Crippen LogP contribution < -0.4 is 0 Å². The molecule has 0 aromatic rings. The van der Waals surface area contributed by atoms with Crippen LogP contribution in [0.15, 0.2) is 12.2 Å². The smallest absolute Gasteiger partial charge is 0.462 e. The molecule has 0 spiro atoms. The van der Waals surface area contributed by atoms with Gasteiger partial charge in [-0.25, -0.2) is 4.57 Å². The van der Waals surface area contributed by atoms with Gasteiger partial charge in [0.1, 0.15) is 92.1 Å². The molecule has 1 aliphatic carbocycles. The molecule has 17 unspecified atom stereocenters. The van der Waals surface area contributed by atoms with E-state index in [1.54, 1.807) is 0 Å². The van der Waals surface area contributed by atoms with Gasteiger partial charge in [-0.05, 0) is 44.4 Å². The third kappa shape index (κ3) is 27.5. The number of rotatable bonds is 45. The van der Waals surface area contributed by atoms with E-state index in [0.717, 1.165) is 83.5 Å². The van der Waals surface area contributed by atoms with E-state index in [2.05, 4.69) is 32.9 Å². The van der Waals surface area contributed by atoms with Gasteiger partial charge < -0.3 is 89.5 Å². The van der Waals surface area contributed by atoms with Gasteiger partial charge in [-0.1, -0.05) is 168 Å². The van der Waals surface area contributed by atoms with Crippen LogP contribution in [-0.4, -0.2) is 204 Å². The highest BCUT2D eigenvalue weighted by Gasteiger charge is 2.58. The summed E-state index contributed by atoms with van der Waals surface area (Å²) in [6, 6.07) is 0. The molecule has 2 saturated heterocycles. The van der Waals surface area contributed by atoms with Crippen LogP contribution in [0.5, 0.6) is 0 Å². The fourth-order valence-corrected chi connectivity index (χ4v) is 11.4. The second-order valence-corrected chi connectivity index (χ2v) is 24.3. The number of aliphatic hydroxyl groups is 11. The first-order chi connectivity index (χ1) is 39.3. The van der Waals surface area contributed by atoms with Crippen LogP contribution >= 0.6 is 7.82 Å². The van der Waals surface area contributed by atoms with Crippen molar-refractivity contribution in [2.45, 2.75) is 311 Å². The van der Waals surface area contributed by atoms with E-state index in [-0.39, 0.29) is 12.8 Å². The average molecular weight is 1200 g/mol. The highest BCUT2D eigenvalue weighted by Crippen LogP contribution is 2.49. The number of allylic oxidation sites excluding steroid dienone is 2. The minimum atomic E-state index is -5.64. The largest absolute Gasteiger partial charge is 0.472 e. The Labute approximate surface area is 486 Å². The second kappa shape index (κ2) is 42.1. The first-order valence-electron chi connectivity index (χ1n) is 30.9. The van der Waals surface area contributed by atoms with Crippen molar-refractivity contribution in [3.8, 4) is 0 Å². The predicted molar refractivity (Wildman–Crippen MR) is 300 cm³/mol. The Morgan fingerprint density at radius 2 is 0.878 bits per heavy atom. The van der Waals surface area contributed by atoms with Crippen LogP contribution in [-0.2, 0) is 51.6 Å². The summed E-state index contributed by atoms with van der Waals surface area (Å²) in [5, 5.41) is 117. The first-order valence-corrected chi connectivity index (χ1v) is 32.4. The van der Waals surface area contributed by atoms with Gasteiger partial charge in [0.15, 0.2) is 18.7 Å². The van der Waals surface area contributed by atoms with Gasteiger partial charge in [0, 0.05) is 12.8 Å². The minimum absolute atomic E-state index is 0.0308. The summed E-state index contributed by atoms with van der Waals surface area (Å²) >= 11 is 0. The molecule has 12 N–H and O–H groups in total. The minimum Gasteiger partial charge on any atom is -0.462 e. The molecule has 3 aliphatic rings. The van der Waals surface area contributed by atoms with Gasteiger partial charge in [-0.15, -0.1) is 0 Å². The molecule has 1 saturated carbocycles. The summed E-state index contributed by atoms with van der Waals surface area (Å²) in [5.74, 6) is -0.647. The molecular formula is C58H107O23P. The van der Waals surface area contributed by atoms with E-state index < -0.39 is 150 Å². The molecule has 0 bridgehead atoms. The fourth-order valence-electron chi connectivity index (χ4n) is 10.5. The quantitative estimate of drug-likeness (QED) is 0.0166. The first kappa shape index (κ1) is 74.4. The maximum atomic E-state index is 14.1. The number of esters is 2. The van der Waals surface area contributed by atoms with Crippen LogP contribution in [0.2, 0.25) is 0 Å². The summed E-state index contributed by atoms with van der Waals surface area (Å²) in [6.45, 7) is 3.32. The van der Waals surface area contributed by atoms with Gasteiger partial charge in [0.05, 0.1) is 19.8 Å². The number of hydrogen-bond acceptors (Lipinski definition) is 22. The van der Waals surface area contributed by atoms with Crippen LogP contribution in [0.3, 0.4) is 0 Å². The lowest BCUT2D eigenvalue weighted by molar-refractivity contribution is -0.360. The van der Waals surface area contributed by atoms with Crippen molar-refractivity contribution in [2.24, 2.45) is 5.92 Å². The number of hydrogen-bond donors (Lipinski definition) is 12. The summed E-state index contributed by atoms with van der Waals surface area (Å²) in [6.07, 6.45) is -0.995. The molecule has 0 aromatic heterocycles. The Hall–Kier alpha value is -1.81. The van der Waals surface area contributed by atoms with Gasteiger partial charge >= 0.3 is 19.8 Å². The zero-order valence-corrected chi connectivity index (χ0v) is 50.1. The molecule has 0 aromatic carbocycles. The van der Waals surface area contributed by atoms with E-state index in [0.29, 0.717) is 18.8 Å². The van der Waals surface area contributed by atoms with Crippen LogP contribution in [0.1, 0.15) is 207 Å². The number of unbranched alkanes of at least 4 members (excludes halogenated alkanes) is 21. The van der Waals surface area contributed by atoms with Crippen molar-refractivity contribution >= 4 is 19.8 Å². The zero-order valence-electron chi connectivity index (χ0n) is 49.2. The molecule has 2 aliphatic heterocycles. The van der Waals surface area contributed by atoms with Crippen molar-refractivity contribution in [3.63, 3.8) is 0 Å². The van der Waals surface area contributed by atoms with E-state index in [4.69, 9.17) is 37.5 Å². The van der Waals surface area contributed by atoms with Crippen molar-refractivity contribution in [1.29, 1.82) is 0 Å². The highest BCUT2D eigenvalue weighted by molar-refractivity contribution is 7.47. The standard InChI is InChI=1S/C58H107O23P/c1-4-6-8-10-12-13-14-15-16-17-18-19-20-25-29-33-43(61)74-37-40(76-44(62)34-30-26-22-21-24-28-32-39(3)31-27-23-11-9-7-5-2)38-75-82(72,73)81-56-54(79-57-52(70)47(65)45(63)41(35-59)77-57)50(68)49(67)51(69)55(56)80-58-53(71)48(66)46(64)42(36-60)78-58/h13-14,39-42,45-60,63-71H,4-12,15-38H2,1-3H3,(H,72,73)/b14-13-. The Morgan fingerprint density at radius 3 is 1.33 bits per heavy atom. The Morgan fingerprint density at radius 1 is 0.488 bits per heavy atom. The summed E-state index contributed by atoms with van der Waals surface area (Å²) in [5.41, 5.74) is 0. The highest BCUT2D eigenvalue weighted by atomic mass is 31.2. The maximum Gasteiger partial charge on any atom is 0.472 e. The lowest BCUT2D eigenvalue weighted by Crippen LogP contribution is -2.69. The topological polar surface area (TPSA) is 368 Å². The summed E-state index contributed by atoms with van der Waals surface area (Å²) in [7, 11) is -5.64. The summed E-state index contributed by atoms with van der Waals surface area (Å²) in [4.78, 5) is 37.6. The molecule has 24 heteroatoms. The molecule has 482 valence electrons. The van der Waals surface area contributed by atoms with E-state index >= 15 is 0 Å². The maximum absolute atomic E-state index is 14.1. The van der Waals surface area contributed by atoms with Crippen LogP contribution in [0.4, 0.5) is 0 Å². The van der Waals surface area contributed by atoms with Crippen molar-refractivity contribution in [2.75, 3.05) is 26.4 Å². The van der Waals surface area contributed by atoms with Crippen molar-refractivity contribution < 1.29 is 113 Å². The summed E-state index contributed by atoms with van der Waals surface area (Å²) < 4.78 is 58.2. The van der Waals surface area contributed by atoms with Gasteiger partial charge in [0.2, 0.25) is 0 Å². The molecule has 82 heavy (non-hydrogen) atoms. The Balaban J connectivity index is 1.69. The van der Waals surface area contributed by atoms with E-state index in [1.165, 1.54) is 77.0 Å². The third-order valence-corrected chi connectivity index (χ3v) is 16.7. The molecule has 2 heterocycles. The fraction of sp³-hybridized carbons (Fsp3) is 0.931. The number of phosphoric ester groups is 1. The SMILES string of the molecule is CCCCCC/C=C\CCCCCCCCCC(=O)OCC(COP(=O)(O)OC1C(OC2OC(CO)C(O)C(O)C2O)C(O)C(O)C(O)C1OC1OC(CO)C(O)C(O)C1O)OC(=O)CCCCCCCCC(C)CCCCCCCC. The Kier molecular flexibility index (Phi) is 38.3. The number of phosphoric acid groups is 1. The number of ether oxygens (including phenoxy) is 6. The normalized spacial score (nSPS) is 31.2.